The molecule has 0 spiro atoms. The molecule has 61 heavy (non-hydrogen) atoms. The molecular weight excluding hydrogens is 915 g/mol. The molecule has 9 aromatic carbocycles. The minimum atomic E-state index is 0. The first-order valence-electron chi connectivity index (χ1n) is 20.4. The zero-order chi connectivity index (χ0) is 40.1. The second-order valence-electron chi connectivity index (χ2n) is 15.1. The standard InChI is InChI=1S/C59H40N.Ir/c1-4-16-42(17-5-1)45-22-12-24-47(32-45)48-25-14-27-50(34-48)55-38-56(51-28-15-29-52(35-51)59-30-10-11-31-60-59)41-58(40-55)57-37-53(44-20-8-3-9-21-44)36-54(39-57)49-26-13-23-46(33-49)43-18-6-2-7-19-43;/h1-28,30-41H;/q-1;. The van der Waals surface area contributed by atoms with Crippen LogP contribution in [0.25, 0.3) is 100 Å². The van der Waals surface area contributed by atoms with Crippen molar-refractivity contribution in [2.24, 2.45) is 0 Å². The van der Waals surface area contributed by atoms with Crippen LogP contribution in [0.3, 0.4) is 0 Å². The van der Waals surface area contributed by atoms with Crippen LogP contribution in [0.5, 0.6) is 0 Å². The van der Waals surface area contributed by atoms with Crippen LogP contribution in [-0.4, -0.2) is 4.98 Å². The van der Waals surface area contributed by atoms with Gasteiger partial charge in [0.15, 0.2) is 0 Å². The first-order chi connectivity index (χ1) is 29.7. The molecule has 0 N–H and O–H groups in total. The molecule has 10 rings (SSSR count). The summed E-state index contributed by atoms with van der Waals surface area (Å²) in [5.41, 5.74) is 20.6. The summed E-state index contributed by atoms with van der Waals surface area (Å²) in [7, 11) is 0. The number of hydrogen-bond acceptors (Lipinski definition) is 1. The van der Waals surface area contributed by atoms with Crippen LogP contribution in [0, 0.1) is 6.07 Å². The van der Waals surface area contributed by atoms with E-state index in [9.17, 15) is 0 Å². The van der Waals surface area contributed by atoms with E-state index in [0.717, 1.165) is 44.6 Å². The summed E-state index contributed by atoms with van der Waals surface area (Å²) in [6.07, 6.45) is 1.84. The number of hydrogen-bond donors (Lipinski definition) is 0. The van der Waals surface area contributed by atoms with E-state index in [1.54, 1.807) is 0 Å². The second-order valence-corrected chi connectivity index (χ2v) is 15.1. The van der Waals surface area contributed by atoms with Crippen LogP contribution in [0.1, 0.15) is 0 Å². The molecule has 0 aliphatic heterocycles. The number of pyridine rings is 1. The fraction of sp³-hybridized carbons (Fsp3) is 0. The maximum atomic E-state index is 4.65. The van der Waals surface area contributed by atoms with Crippen LogP contribution >= 0.6 is 0 Å². The van der Waals surface area contributed by atoms with Crippen LogP contribution in [0.4, 0.5) is 0 Å². The van der Waals surface area contributed by atoms with Crippen molar-refractivity contribution in [3.8, 4) is 100 Å². The van der Waals surface area contributed by atoms with Crippen LogP contribution in [0.2, 0.25) is 0 Å². The molecule has 1 heterocycles. The van der Waals surface area contributed by atoms with Crippen LogP contribution in [0.15, 0.2) is 243 Å². The Morgan fingerprint density at radius 3 is 0.951 bits per heavy atom. The Morgan fingerprint density at radius 1 is 0.246 bits per heavy atom. The van der Waals surface area contributed by atoms with Crippen molar-refractivity contribution in [2.45, 2.75) is 0 Å². The van der Waals surface area contributed by atoms with Crippen LogP contribution < -0.4 is 0 Å². The average molecular weight is 955 g/mol. The maximum Gasteiger partial charge on any atom is 0.0160 e. The summed E-state index contributed by atoms with van der Waals surface area (Å²) in [4.78, 5) is 4.65. The van der Waals surface area contributed by atoms with E-state index in [2.05, 4.69) is 223 Å². The van der Waals surface area contributed by atoms with E-state index in [1.807, 2.05) is 30.5 Å². The Hall–Kier alpha value is -7.22. The molecule has 0 fully saturated rings. The second kappa shape index (κ2) is 18.0. The van der Waals surface area contributed by atoms with Crippen molar-refractivity contribution in [1.82, 2.24) is 4.98 Å². The first kappa shape index (κ1) is 39.3. The summed E-state index contributed by atoms with van der Waals surface area (Å²) in [5, 5.41) is 0. The molecule has 1 aromatic heterocycles. The molecule has 0 amide bonds. The summed E-state index contributed by atoms with van der Waals surface area (Å²) in [5.74, 6) is 0. The molecule has 0 unspecified atom stereocenters. The maximum absolute atomic E-state index is 4.65. The fourth-order valence-electron chi connectivity index (χ4n) is 8.10. The van der Waals surface area contributed by atoms with Gasteiger partial charge in [0.05, 0.1) is 0 Å². The molecule has 1 nitrogen and oxygen atoms in total. The SMILES string of the molecule is [Ir].[c-]1ccc(-c2cc(-c3cccc(-c4cccc(-c5ccccc5)c4)c3)cc(-c3cc(-c4ccccc4)cc(-c4cccc(-c5ccccc5)c4)c3)c2)cc1-c1ccccn1. The molecule has 0 aliphatic rings. The third kappa shape index (κ3) is 8.74. The van der Waals surface area contributed by atoms with Gasteiger partial charge in [-0.15, -0.1) is 35.4 Å². The largest absolute Gasteiger partial charge is 0.305 e. The molecule has 2 heteroatoms. The predicted molar refractivity (Wildman–Crippen MR) is 252 cm³/mol. The molecule has 0 bridgehead atoms. The van der Waals surface area contributed by atoms with Crippen molar-refractivity contribution < 1.29 is 20.1 Å². The molecule has 0 atom stereocenters. The molecule has 0 saturated carbocycles. The number of benzene rings is 9. The Bertz CT molecular complexity index is 3070. The van der Waals surface area contributed by atoms with Gasteiger partial charge in [0.1, 0.15) is 0 Å². The van der Waals surface area contributed by atoms with E-state index >= 15 is 0 Å². The first-order valence-corrected chi connectivity index (χ1v) is 20.4. The zero-order valence-electron chi connectivity index (χ0n) is 33.4. The molecule has 291 valence electrons. The van der Waals surface area contributed by atoms with Gasteiger partial charge >= 0.3 is 0 Å². The van der Waals surface area contributed by atoms with E-state index in [-0.39, 0.29) is 20.1 Å². The van der Waals surface area contributed by atoms with Gasteiger partial charge in [-0.25, -0.2) is 0 Å². The summed E-state index contributed by atoms with van der Waals surface area (Å²) in [6, 6.07) is 88.4. The topological polar surface area (TPSA) is 12.9 Å². The van der Waals surface area contributed by atoms with Crippen LogP contribution in [-0.2, 0) is 20.1 Å². The Balaban J connectivity index is 0.00000476. The van der Waals surface area contributed by atoms with E-state index < -0.39 is 0 Å². The summed E-state index contributed by atoms with van der Waals surface area (Å²) < 4.78 is 0. The average Bonchev–Trinajstić information content (AvgIpc) is 3.35. The normalized spacial score (nSPS) is 10.8. The van der Waals surface area contributed by atoms with Gasteiger partial charge in [-0.3, -0.25) is 0 Å². The Kier molecular flexibility index (Phi) is 11.6. The van der Waals surface area contributed by atoms with Crippen molar-refractivity contribution >= 4 is 0 Å². The van der Waals surface area contributed by atoms with E-state index in [4.69, 9.17) is 0 Å². The third-order valence-electron chi connectivity index (χ3n) is 11.2. The van der Waals surface area contributed by atoms with Gasteiger partial charge in [0, 0.05) is 26.3 Å². The molecule has 1 radical (unpaired) electrons. The van der Waals surface area contributed by atoms with Crippen molar-refractivity contribution in [1.29, 1.82) is 0 Å². The van der Waals surface area contributed by atoms with Gasteiger partial charge in [0.2, 0.25) is 0 Å². The number of nitrogens with zero attached hydrogens (tertiary/aromatic N) is 1. The predicted octanol–water partition coefficient (Wildman–Crippen LogP) is 15.9. The van der Waals surface area contributed by atoms with Gasteiger partial charge < -0.3 is 4.98 Å². The number of aromatic nitrogens is 1. The van der Waals surface area contributed by atoms with Crippen molar-refractivity contribution in [2.75, 3.05) is 0 Å². The van der Waals surface area contributed by atoms with Gasteiger partial charge in [-0.05, 0) is 150 Å². The summed E-state index contributed by atoms with van der Waals surface area (Å²) in [6.45, 7) is 0. The minimum absolute atomic E-state index is 0. The Morgan fingerprint density at radius 2 is 0.541 bits per heavy atom. The third-order valence-corrected chi connectivity index (χ3v) is 11.2. The molecule has 10 aromatic rings. The molecule has 0 aliphatic carbocycles. The van der Waals surface area contributed by atoms with Crippen molar-refractivity contribution in [3.05, 3.63) is 249 Å². The summed E-state index contributed by atoms with van der Waals surface area (Å²) >= 11 is 0. The van der Waals surface area contributed by atoms with Gasteiger partial charge in [-0.2, -0.15) is 0 Å². The Labute approximate surface area is 372 Å². The molecular formula is C59H40IrN-. The minimum Gasteiger partial charge on any atom is -0.305 e. The number of rotatable bonds is 9. The quantitative estimate of drug-likeness (QED) is 0.131. The smallest absolute Gasteiger partial charge is 0.0160 e. The molecule has 0 saturated heterocycles. The fourth-order valence-corrected chi connectivity index (χ4v) is 8.10. The van der Waals surface area contributed by atoms with Gasteiger partial charge in [-0.1, -0.05) is 158 Å². The van der Waals surface area contributed by atoms with Crippen molar-refractivity contribution in [3.63, 3.8) is 0 Å². The van der Waals surface area contributed by atoms with E-state index in [0.29, 0.717) is 0 Å². The van der Waals surface area contributed by atoms with E-state index in [1.165, 1.54) is 55.6 Å². The zero-order valence-corrected chi connectivity index (χ0v) is 35.8. The monoisotopic (exact) mass is 955 g/mol. The van der Waals surface area contributed by atoms with Gasteiger partial charge in [0.25, 0.3) is 0 Å².